The summed E-state index contributed by atoms with van der Waals surface area (Å²) in [4.78, 5) is 41.7. The minimum Gasteiger partial charge on any atom is -0.342 e. The molecular weight excluding hydrogens is 520 g/mol. The number of carbonyl (C=O) groups excluding carboxylic acids is 3. The minimum absolute atomic E-state index is 0.110. The lowest BCUT2D eigenvalue weighted by atomic mass is 9.85. The predicted molar refractivity (Wildman–Crippen MR) is 151 cm³/mol. The summed E-state index contributed by atoms with van der Waals surface area (Å²) in [6, 6.07) is 10.1. The van der Waals surface area contributed by atoms with Crippen LogP contribution in [0.15, 0.2) is 36.4 Å². The van der Waals surface area contributed by atoms with Crippen molar-refractivity contribution >= 4 is 45.0 Å². The molecule has 4 atom stereocenters. The zero-order chi connectivity index (χ0) is 29.0. The molecule has 1 aromatic carbocycles. The van der Waals surface area contributed by atoms with Crippen LogP contribution < -0.4 is 16.0 Å². The van der Waals surface area contributed by atoms with Gasteiger partial charge in [-0.25, -0.2) is 13.4 Å². The predicted octanol–water partition coefficient (Wildman–Crippen LogP) is 1.56. The number of hydrogen-bond donors (Lipinski definition) is 3. The highest BCUT2D eigenvalue weighted by Gasteiger charge is 2.49. The van der Waals surface area contributed by atoms with E-state index in [0.717, 1.165) is 10.9 Å². The van der Waals surface area contributed by atoms with Crippen molar-refractivity contribution in [3.63, 3.8) is 0 Å². The molecule has 0 aliphatic carbocycles. The molecular formula is C27H40N6O5S. The molecule has 0 radical (unpaired) electrons. The summed E-state index contributed by atoms with van der Waals surface area (Å²) in [5.74, 6) is 0.228. The summed E-state index contributed by atoms with van der Waals surface area (Å²) in [5, 5.41) is 9.34. The normalized spacial score (nSPS) is 20.9. The van der Waals surface area contributed by atoms with Crippen molar-refractivity contribution in [3.8, 4) is 0 Å². The molecule has 0 saturated carbocycles. The van der Waals surface area contributed by atoms with Gasteiger partial charge in [0, 0.05) is 30.6 Å². The number of aromatic nitrogens is 1. The monoisotopic (exact) mass is 560 g/mol. The molecule has 4 rings (SSSR count). The third-order valence-electron chi connectivity index (χ3n) is 7.27. The van der Waals surface area contributed by atoms with Gasteiger partial charge in [0.2, 0.25) is 28.2 Å². The number of rotatable bonds is 7. The Kier molecular flexibility index (Phi) is 9.68. The van der Waals surface area contributed by atoms with Crippen molar-refractivity contribution < 1.29 is 22.8 Å². The van der Waals surface area contributed by atoms with Gasteiger partial charge < -0.3 is 20.9 Å². The van der Waals surface area contributed by atoms with Gasteiger partial charge in [0.15, 0.2) is 0 Å². The summed E-state index contributed by atoms with van der Waals surface area (Å²) >= 11 is 0. The molecule has 3 N–H and O–H groups in total. The van der Waals surface area contributed by atoms with Crippen LogP contribution in [0.4, 0.5) is 5.82 Å². The first-order chi connectivity index (χ1) is 18.3. The van der Waals surface area contributed by atoms with E-state index in [9.17, 15) is 22.8 Å². The smallest absolute Gasteiger partial charge is 0.245 e. The van der Waals surface area contributed by atoms with Crippen LogP contribution >= 0.6 is 0 Å². The number of hydrogen-bond acceptors (Lipinski definition) is 7. The lowest BCUT2D eigenvalue weighted by Crippen LogP contribution is -2.58. The zero-order valence-corrected chi connectivity index (χ0v) is 24.3. The highest BCUT2D eigenvalue weighted by Crippen LogP contribution is 2.35. The molecule has 3 unspecified atom stereocenters. The summed E-state index contributed by atoms with van der Waals surface area (Å²) < 4.78 is 25.4. The molecule has 2 aliphatic rings. The molecule has 0 spiro atoms. The molecule has 2 aromatic rings. The Morgan fingerprint density at radius 1 is 1.08 bits per heavy atom. The van der Waals surface area contributed by atoms with Gasteiger partial charge in [0.1, 0.15) is 11.9 Å². The maximum atomic E-state index is 13.3. The van der Waals surface area contributed by atoms with Crippen molar-refractivity contribution in [2.24, 2.45) is 5.41 Å². The van der Waals surface area contributed by atoms with E-state index < -0.39 is 27.5 Å². The summed E-state index contributed by atoms with van der Waals surface area (Å²) in [7, 11) is -1.57. The summed E-state index contributed by atoms with van der Waals surface area (Å²) in [5.41, 5.74) is 0.433. The SMILES string of the molecule is CN[C@@H](C)C(=O)NC(C(=O)N1CCC2C1CCN2S(C)(=O)=O)C(C)(C)C.O=CNc1ccc2ccccc2n1. The van der Waals surface area contributed by atoms with Gasteiger partial charge in [0.25, 0.3) is 0 Å². The Bertz CT molecular complexity index is 1300. The van der Waals surface area contributed by atoms with Crippen molar-refractivity contribution in [3.05, 3.63) is 36.4 Å². The maximum absolute atomic E-state index is 13.3. The first kappa shape index (κ1) is 30.5. The minimum atomic E-state index is -3.27. The van der Waals surface area contributed by atoms with E-state index in [1.165, 1.54) is 10.6 Å². The number of likely N-dealkylation sites (N-methyl/N-ethyl adjacent to an activating group) is 1. The van der Waals surface area contributed by atoms with E-state index in [0.29, 0.717) is 38.2 Å². The molecule has 1 aromatic heterocycles. The molecule has 3 amide bonds. The average Bonchev–Trinajstić information content (AvgIpc) is 3.48. The molecule has 214 valence electrons. The Morgan fingerprint density at radius 2 is 1.74 bits per heavy atom. The highest BCUT2D eigenvalue weighted by molar-refractivity contribution is 7.88. The van der Waals surface area contributed by atoms with Gasteiger partial charge in [-0.05, 0) is 50.4 Å². The summed E-state index contributed by atoms with van der Waals surface area (Å²) in [6.07, 6.45) is 3.12. The van der Waals surface area contributed by atoms with E-state index in [1.54, 1.807) is 24.9 Å². The molecule has 0 bridgehead atoms. The number of likely N-dealkylation sites (tertiary alicyclic amines) is 1. The van der Waals surface area contributed by atoms with Crippen LogP contribution in [-0.4, -0.2) is 91.4 Å². The highest BCUT2D eigenvalue weighted by atomic mass is 32.2. The third kappa shape index (κ3) is 7.31. The number of nitrogens with zero attached hydrogens (tertiary/aromatic N) is 3. The average molecular weight is 561 g/mol. The van der Waals surface area contributed by atoms with Crippen LogP contribution in [0.5, 0.6) is 0 Å². The van der Waals surface area contributed by atoms with E-state index in [2.05, 4.69) is 20.9 Å². The van der Waals surface area contributed by atoms with Crippen molar-refractivity contribution in [1.82, 2.24) is 24.8 Å². The first-order valence-electron chi connectivity index (χ1n) is 13.1. The fourth-order valence-corrected chi connectivity index (χ4v) is 6.23. The number of amides is 3. The fourth-order valence-electron chi connectivity index (χ4n) is 5.05. The van der Waals surface area contributed by atoms with Gasteiger partial charge >= 0.3 is 0 Å². The third-order valence-corrected chi connectivity index (χ3v) is 8.57. The molecule has 2 fully saturated rings. The zero-order valence-electron chi connectivity index (χ0n) is 23.5. The van der Waals surface area contributed by atoms with E-state index >= 15 is 0 Å². The second-order valence-corrected chi connectivity index (χ2v) is 13.0. The quantitative estimate of drug-likeness (QED) is 0.437. The lowest BCUT2D eigenvalue weighted by Gasteiger charge is -2.36. The van der Waals surface area contributed by atoms with Gasteiger partial charge in [-0.15, -0.1) is 0 Å². The van der Waals surface area contributed by atoms with Gasteiger partial charge in [-0.2, -0.15) is 4.31 Å². The first-order valence-corrected chi connectivity index (χ1v) is 14.9. The molecule has 3 heterocycles. The molecule has 2 aliphatic heterocycles. The number of pyridine rings is 1. The molecule has 12 heteroatoms. The van der Waals surface area contributed by atoms with E-state index in [1.807, 2.05) is 51.1 Å². The number of fused-ring (bicyclic) bond motifs is 2. The number of sulfonamides is 1. The Labute approximate surface area is 230 Å². The Balaban J connectivity index is 0.000000268. The van der Waals surface area contributed by atoms with Crippen LogP contribution in [0, 0.1) is 5.41 Å². The van der Waals surface area contributed by atoms with Crippen LogP contribution in [-0.2, 0) is 24.4 Å². The number of nitrogens with one attached hydrogen (secondary N) is 3. The van der Waals surface area contributed by atoms with Crippen LogP contribution in [0.2, 0.25) is 0 Å². The van der Waals surface area contributed by atoms with Crippen molar-refractivity contribution in [2.75, 3.05) is 31.7 Å². The second kappa shape index (κ2) is 12.4. The lowest BCUT2D eigenvalue weighted by molar-refractivity contribution is -0.140. The largest absolute Gasteiger partial charge is 0.342 e. The van der Waals surface area contributed by atoms with E-state index in [-0.39, 0.29) is 23.9 Å². The summed E-state index contributed by atoms with van der Waals surface area (Å²) in [6.45, 7) is 8.47. The number of carbonyl (C=O) groups is 3. The number of para-hydroxylation sites is 1. The standard InChI is InChI=1S/C17H32N4O4S.C10H8N2O/c1-11(18-5)15(22)19-14(17(2,3)4)16(23)20-9-7-13-12(20)8-10-21(13)26(6,24)25;13-7-11-10-6-5-8-3-1-2-4-9(8)12-10/h11-14,18H,7-10H2,1-6H3,(H,19,22);1-7H,(H,11,12,13)/t11-,12?,13?,14?;/m0./s1. The topological polar surface area (TPSA) is 141 Å². The van der Waals surface area contributed by atoms with Crippen molar-refractivity contribution in [2.45, 2.75) is 64.7 Å². The second-order valence-electron chi connectivity index (χ2n) is 11.1. The van der Waals surface area contributed by atoms with Gasteiger partial charge in [-0.1, -0.05) is 39.0 Å². The molecule has 2 saturated heterocycles. The van der Waals surface area contributed by atoms with E-state index in [4.69, 9.17) is 0 Å². The maximum Gasteiger partial charge on any atom is 0.245 e. The Morgan fingerprint density at radius 3 is 2.36 bits per heavy atom. The fraction of sp³-hybridized carbons (Fsp3) is 0.556. The van der Waals surface area contributed by atoms with Crippen LogP contribution in [0.1, 0.15) is 40.5 Å². The van der Waals surface area contributed by atoms with Crippen LogP contribution in [0.3, 0.4) is 0 Å². The van der Waals surface area contributed by atoms with Gasteiger partial charge in [0.05, 0.1) is 17.8 Å². The Hall–Kier alpha value is -3.09. The molecule has 39 heavy (non-hydrogen) atoms. The number of anilines is 1. The number of benzene rings is 1. The van der Waals surface area contributed by atoms with Crippen molar-refractivity contribution in [1.29, 1.82) is 0 Å². The molecule has 11 nitrogen and oxygen atoms in total. The van der Waals surface area contributed by atoms with Crippen LogP contribution in [0.25, 0.3) is 10.9 Å². The van der Waals surface area contributed by atoms with Gasteiger partial charge in [-0.3, -0.25) is 14.4 Å².